The van der Waals surface area contributed by atoms with Crippen molar-refractivity contribution in [2.45, 2.75) is 52.6 Å². The Labute approximate surface area is 151 Å². The maximum absolute atomic E-state index is 12.7. The third kappa shape index (κ3) is 4.94. The van der Waals surface area contributed by atoms with Crippen LogP contribution in [0, 0.1) is 0 Å². The number of nitrogens with one attached hydrogen (secondary N) is 1. The number of guanidine groups is 1. The van der Waals surface area contributed by atoms with Crippen molar-refractivity contribution in [2.75, 3.05) is 26.2 Å². The molecule has 1 aliphatic heterocycles. The molecule has 6 heteroatoms. The summed E-state index contributed by atoms with van der Waals surface area (Å²) in [6.07, 6.45) is 4.49. The number of amides is 1. The van der Waals surface area contributed by atoms with Crippen LogP contribution in [0.5, 0.6) is 0 Å². The van der Waals surface area contributed by atoms with E-state index < -0.39 is 0 Å². The summed E-state index contributed by atoms with van der Waals surface area (Å²) >= 11 is 0. The van der Waals surface area contributed by atoms with Crippen LogP contribution in [0.1, 0.15) is 40.2 Å². The van der Waals surface area contributed by atoms with Gasteiger partial charge in [0.15, 0.2) is 5.96 Å². The highest BCUT2D eigenvalue weighted by molar-refractivity contribution is 5.88. The van der Waals surface area contributed by atoms with Crippen LogP contribution in [0.15, 0.2) is 29.5 Å². The summed E-state index contributed by atoms with van der Waals surface area (Å²) in [7, 11) is 0. The summed E-state index contributed by atoms with van der Waals surface area (Å²) in [5.41, 5.74) is 0.950. The standard InChI is InChI=1S/C19H31N5O/c1-6-21-18(22-11-9-16-8-7-10-20-12-16)23-13-17(25)24(15(2)3)19(4,5)14-23/h7-8,10,12,15H,6,9,11,13-14H2,1-5H3,(H,21,22). The first-order chi connectivity index (χ1) is 11.8. The second kappa shape index (κ2) is 8.32. The molecule has 1 aliphatic rings. The molecule has 0 saturated carbocycles. The van der Waals surface area contributed by atoms with Crippen molar-refractivity contribution >= 4 is 11.9 Å². The molecular formula is C19H31N5O. The van der Waals surface area contributed by atoms with Crippen LogP contribution in [0.25, 0.3) is 0 Å². The molecule has 1 saturated heterocycles. The Morgan fingerprint density at radius 2 is 2.20 bits per heavy atom. The summed E-state index contributed by atoms with van der Waals surface area (Å²) in [5, 5.41) is 3.33. The van der Waals surface area contributed by atoms with E-state index in [9.17, 15) is 4.79 Å². The first-order valence-electron chi connectivity index (χ1n) is 9.09. The Kier molecular flexibility index (Phi) is 6.39. The maximum Gasteiger partial charge on any atom is 0.242 e. The third-order valence-corrected chi connectivity index (χ3v) is 4.36. The average Bonchev–Trinajstić information content (AvgIpc) is 2.53. The number of carbonyl (C=O) groups excluding carboxylic acids is 1. The molecule has 1 aromatic heterocycles. The van der Waals surface area contributed by atoms with Crippen LogP contribution in [0.4, 0.5) is 0 Å². The number of nitrogens with zero attached hydrogens (tertiary/aromatic N) is 4. The van der Waals surface area contributed by atoms with Crippen LogP contribution in [-0.2, 0) is 11.2 Å². The second-order valence-electron chi connectivity index (χ2n) is 7.37. The number of hydrogen-bond acceptors (Lipinski definition) is 3. The Morgan fingerprint density at radius 3 is 2.76 bits per heavy atom. The highest BCUT2D eigenvalue weighted by Crippen LogP contribution is 2.24. The summed E-state index contributed by atoms with van der Waals surface area (Å²) in [6.45, 7) is 13.0. The van der Waals surface area contributed by atoms with Gasteiger partial charge >= 0.3 is 0 Å². The molecule has 0 spiro atoms. The summed E-state index contributed by atoms with van der Waals surface area (Å²) in [5.74, 6) is 0.973. The van der Waals surface area contributed by atoms with Gasteiger partial charge in [-0.2, -0.15) is 0 Å². The van der Waals surface area contributed by atoms with Gasteiger partial charge in [-0.15, -0.1) is 0 Å². The van der Waals surface area contributed by atoms with Crippen LogP contribution in [0.2, 0.25) is 0 Å². The van der Waals surface area contributed by atoms with Crippen LogP contribution in [-0.4, -0.2) is 64.4 Å². The lowest BCUT2D eigenvalue weighted by Gasteiger charge is -2.49. The van der Waals surface area contributed by atoms with Gasteiger partial charge < -0.3 is 15.1 Å². The van der Waals surface area contributed by atoms with E-state index in [4.69, 9.17) is 4.99 Å². The molecule has 1 fully saturated rings. The zero-order valence-corrected chi connectivity index (χ0v) is 16.1. The number of rotatable bonds is 5. The predicted molar refractivity (Wildman–Crippen MR) is 102 cm³/mol. The lowest BCUT2D eigenvalue weighted by Crippen LogP contribution is -2.66. The van der Waals surface area contributed by atoms with E-state index in [2.05, 4.69) is 49.0 Å². The zero-order valence-electron chi connectivity index (χ0n) is 16.1. The van der Waals surface area contributed by atoms with Crippen molar-refractivity contribution < 1.29 is 4.79 Å². The molecule has 25 heavy (non-hydrogen) atoms. The molecule has 6 nitrogen and oxygen atoms in total. The molecule has 0 bridgehead atoms. The topological polar surface area (TPSA) is 60.8 Å². The van der Waals surface area contributed by atoms with Crippen molar-refractivity contribution in [2.24, 2.45) is 4.99 Å². The Hall–Kier alpha value is -2.11. The van der Waals surface area contributed by atoms with Crippen LogP contribution in [0.3, 0.4) is 0 Å². The van der Waals surface area contributed by atoms with Gasteiger partial charge in [-0.3, -0.25) is 14.8 Å². The first kappa shape index (κ1) is 19.2. The minimum Gasteiger partial charge on any atom is -0.357 e. The van der Waals surface area contributed by atoms with Crippen molar-refractivity contribution in [1.82, 2.24) is 20.1 Å². The number of aliphatic imine (C=N–C) groups is 1. The van der Waals surface area contributed by atoms with Crippen molar-refractivity contribution in [3.63, 3.8) is 0 Å². The fourth-order valence-electron chi connectivity index (χ4n) is 3.58. The van der Waals surface area contributed by atoms with E-state index in [0.717, 1.165) is 25.5 Å². The van der Waals surface area contributed by atoms with Crippen LogP contribution < -0.4 is 5.32 Å². The summed E-state index contributed by atoms with van der Waals surface area (Å²) < 4.78 is 0. The number of carbonyl (C=O) groups is 1. The van der Waals surface area contributed by atoms with E-state index in [1.165, 1.54) is 5.56 Å². The van der Waals surface area contributed by atoms with E-state index in [0.29, 0.717) is 13.1 Å². The number of aromatic nitrogens is 1. The highest BCUT2D eigenvalue weighted by atomic mass is 16.2. The first-order valence-corrected chi connectivity index (χ1v) is 9.09. The summed E-state index contributed by atoms with van der Waals surface area (Å²) in [4.78, 5) is 25.6. The van der Waals surface area contributed by atoms with Gasteiger partial charge in [0.05, 0.1) is 12.1 Å². The fourth-order valence-corrected chi connectivity index (χ4v) is 3.58. The highest BCUT2D eigenvalue weighted by Gasteiger charge is 2.40. The lowest BCUT2D eigenvalue weighted by atomic mass is 9.96. The Morgan fingerprint density at radius 1 is 1.44 bits per heavy atom. The fraction of sp³-hybridized carbons (Fsp3) is 0.632. The van der Waals surface area contributed by atoms with E-state index >= 15 is 0 Å². The molecule has 0 radical (unpaired) electrons. The maximum atomic E-state index is 12.7. The summed E-state index contributed by atoms with van der Waals surface area (Å²) in [6, 6.07) is 4.20. The zero-order chi connectivity index (χ0) is 18.4. The molecule has 1 N–H and O–H groups in total. The molecule has 0 unspecified atom stereocenters. The van der Waals surface area contributed by atoms with Crippen molar-refractivity contribution in [3.8, 4) is 0 Å². The monoisotopic (exact) mass is 345 g/mol. The van der Waals surface area contributed by atoms with E-state index in [1.807, 2.05) is 24.1 Å². The molecule has 0 atom stereocenters. The average molecular weight is 345 g/mol. The second-order valence-corrected chi connectivity index (χ2v) is 7.37. The number of piperazine rings is 1. The van der Waals surface area contributed by atoms with Gasteiger partial charge in [-0.25, -0.2) is 0 Å². The third-order valence-electron chi connectivity index (χ3n) is 4.36. The molecule has 0 aliphatic carbocycles. The molecule has 1 amide bonds. The Balaban J connectivity index is 2.09. The largest absolute Gasteiger partial charge is 0.357 e. The van der Waals surface area contributed by atoms with Gasteiger partial charge in [0.25, 0.3) is 0 Å². The molecule has 1 aromatic rings. The van der Waals surface area contributed by atoms with Gasteiger partial charge in [-0.1, -0.05) is 6.07 Å². The smallest absolute Gasteiger partial charge is 0.242 e. The molecule has 2 heterocycles. The minimum absolute atomic E-state index is 0.157. The van der Waals surface area contributed by atoms with Gasteiger partial charge in [0.2, 0.25) is 5.91 Å². The quantitative estimate of drug-likeness (QED) is 0.654. The Bertz CT molecular complexity index is 597. The van der Waals surface area contributed by atoms with Crippen molar-refractivity contribution in [1.29, 1.82) is 0 Å². The normalized spacial score (nSPS) is 18.0. The lowest BCUT2D eigenvalue weighted by molar-refractivity contribution is -0.145. The minimum atomic E-state index is -0.219. The predicted octanol–water partition coefficient (Wildman–Crippen LogP) is 1.92. The van der Waals surface area contributed by atoms with Crippen molar-refractivity contribution in [3.05, 3.63) is 30.1 Å². The number of hydrogen-bond donors (Lipinski definition) is 1. The number of pyridine rings is 1. The van der Waals surface area contributed by atoms with Gasteiger partial charge in [0, 0.05) is 38.1 Å². The molecule has 2 rings (SSSR count). The van der Waals surface area contributed by atoms with E-state index in [1.54, 1.807) is 6.20 Å². The van der Waals surface area contributed by atoms with Gasteiger partial charge in [0.1, 0.15) is 0 Å². The van der Waals surface area contributed by atoms with Gasteiger partial charge in [-0.05, 0) is 52.7 Å². The molecule has 138 valence electrons. The molecular weight excluding hydrogens is 314 g/mol. The van der Waals surface area contributed by atoms with Crippen LogP contribution >= 0.6 is 0 Å². The molecule has 0 aromatic carbocycles. The SMILES string of the molecule is CCNC(=NCCc1cccnc1)N1CC(=O)N(C(C)C)C(C)(C)C1. The van der Waals surface area contributed by atoms with E-state index in [-0.39, 0.29) is 17.5 Å².